The SMILES string of the molecule is C#Cc1c(F)ccc2cc(O)cc(-c3nc4c5c(nc(OC[C@@]67CCCN6C[C@H](F)C7)nc5c3F)N(C)C3CC(O)CC3CO4)c12. The number of alkyl halides is 1. The molecule has 4 aromatic rings. The highest BCUT2D eigenvalue weighted by molar-refractivity contribution is 6.04. The summed E-state index contributed by atoms with van der Waals surface area (Å²) in [5.41, 5.74) is -0.911. The molecule has 238 valence electrons. The summed E-state index contributed by atoms with van der Waals surface area (Å²) in [5, 5.41) is 22.0. The van der Waals surface area contributed by atoms with Crippen LogP contribution in [0.5, 0.6) is 17.6 Å². The summed E-state index contributed by atoms with van der Waals surface area (Å²) in [7, 11) is 1.83. The summed E-state index contributed by atoms with van der Waals surface area (Å²) in [6, 6.07) is 5.10. The van der Waals surface area contributed by atoms with Crippen LogP contribution in [-0.2, 0) is 0 Å². The fraction of sp³-hybridized carbons (Fsp3) is 0.441. The van der Waals surface area contributed by atoms with Gasteiger partial charge >= 0.3 is 6.01 Å². The molecule has 2 saturated heterocycles. The second kappa shape index (κ2) is 10.6. The maximum Gasteiger partial charge on any atom is 0.319 e. The van der Waals surface area contributed by atoms with Gasteiger partial charge in [-0.3, -0.25) is 4.90 Å². The van der Waals surface area contributed by atoms with E-state index in [1.165, 1.54) is 24.3 Å². The average molecular weight is 632 g/mol. The Bertz CT molecular complexity index is 1950. The van der Waals surface area contributed by atoms with Gasteiger partial charge in [0.15, 0.2) is 5.82 Å². The van der Waals surface area contributed by atoms with Crippen LogP contribution in [-0.4, -0.2) is 87.3 Å². The summed E-state index contributed by atoms with van der Waals surface area (Å²) in [4.78, 5) is 17.9. The Balaban J connectivity index is 1.34. The van der Waals surface area contributed by atoms with E-state index in [1.54, 1.807) is 0 Å². The highest BCUT2D eigenvalue weighted by atomic mass is 19.1. The molecule has 0 bridgehead atoms. The number of phenolic OH excluding ortho intramolecular Hbond substituents is 1. The van der Waals surface area contributed by atoms with Gasteiger partial charge in [-0.2, -0.15) is 9.97 Å². The second-order valence-corrected chi connectivity index (χ2v) is 13.0. The second-order valence-electron chi connectivity index (χ2n) is 13.0. The maximum absolute atomic E-state index is 16.9. The molecule has 46 heavy (non-hydrogen) atoms. The van der Waals surface area contributed by atoms with E-state index < -0.39 is 29.4 Å². The van der Waals surface area contributed by atoms with E-state index in [0.29, 0.717) is 37.0 Å². The van der Waals surface area contributed by atoms with E-state index in [9.17, 15) is 19.0 Å². The first-order valence-corrected chi connectivity index (χ1v) is 15.5. The number of aromatic nitrogens is 3. The molecule has 0 radical (unpaired) electrons. The number of hydrogen-bond donors (Lipinski definition) is 2. The number of hydrogen-bond acceptors (Lipinski definition) is 9. The number of nitrogens with zero attached hydrogens (tertiary/aromatic N) is 5. The van der Waals surface area contributed by atoms with Crippen LogP contribution in [0.1, 0.15) is 37.7 Å². The third kappa shape index (κ3) is 4.43. The van der Waals surface area contributed by atoms with Crippen molar-refractivity contribution in [3.63, 3.8) is 0 Å². The number of ether oxygens (including phenoxy) is 2. The number of rotatable bonds is 4. The fourth-order valence-corrected chi connectivity index (χ4v) is 8.18. The van der Waals surface area contributed by atoms with Crippen LogP contribution in [0.3, 0.4) is 0 Å². The summed E-state index contributed by atoms with van der Waals surface area (Å²) < 4.78 is 58.8. The summed E-state index contributed by atoms with van der Waals surface area (Å²) in [5.74, 6) is 0.915. The van der Waals surface area contributed by atoms with Gasteiger partial charge < -0.3 is 24.6 Å². The number of pyridine rings is 1. The molecular weight excluding hydrogens is 599 g/mol. The van der Waals surface area contributed by atoms with Gasteiger partial charge in [-0.25, -0.2) is 18.2 Å². The molecule has 2 N–H and O–H groups in total. The van der Waals surface area contributed by atoms with Crippen molar-refractivity contribution in [2.75, 3.05) is 38.3 Å². The number of fused-ring (bicyclic) bond motifs is 3. The van der Waals surface area contributed by atoms with Crippen LogP contribution in [0.4, 0.5) is 19.0 Å². The minimum atomic E-state index is -0.952. The Labute approximate surface area is 263 Å². The lowest BCUT2D eigenvalue weighted by atomic mass is 9.95. The van der Waals surface area contributed by atoms with Crippen molar-refractivity contribution in [2.45, 2.75) is 56.0 Å². The van der Waals surface area contributed by atoms with Gasteiger partial charge in [0.2, 0.25) is 5.88 Å². The lowest BCUT2D eigenvalue weighted by Gasteiger charge is -2.34. The molecule has 0 spiro atoms. The molecule has 8 rings (SSSR count). The van der Waals surface area contributed by atoms with Gasteiger partial charge in [0, 0.05) is 42.9 Å². The Hall–Kier alpha value is -4.34. The molecule has 5 heterocycles. The van der Waals surface area contributed by atoms with Crippen molar-refractivity contribution >= 4 is 27.5 Å². The normalized spacial score (nSPS) is 27.3. The highest BCUT2D eigenvalue weighted by Gasteiger charge is 2.49. The van der Waals surface area contributed by atoms with Gasteiger partial charge in [0.05, 0.1) is 23.8 Å². The number of phenols is 1. The maximum atomic E-state index is 16.9. The van der Waals surface area contributed by atoms with Crippen LogP contribution in [0.25, 0.3) is 32.9 Å². The first-order valence-electron chi connectivity index (χ1n) is 15.5. The van der Waals surface area contributed by atoms with Gasteiger partial charge in [-0.05, 0) is 55.8 Å². The minimum absolute atomic E-state index is 0.0476. The smallest absolute Gasteiger partial charge is 0.319 e. The molecule has 12 heteroatoms. The predicted molar refractivity (Wildman–Crippen MR) is 165 cm³/mol. The number of aliphatic hydroxyl groups is 1. The largest absolute Gasteiger partial charge is 0.508 e. The van der Waals surface area contributed by atoms with E-state index in [-0.39, 0.29) is 75.9 Å². The molecule has 0 amide bonds. The molecule has 2 aromatic heterocycles. The first-order chi connectivity index (χ1) is 22.2. The van der Waals surface area contributed by atoms with Crippen LogP contribution < -0.4 is 14.4 Å². The van der Waals surface area contributed by atoms with E-state index in [0.717, 1.165) is 19.4 Å². The van der Waals surface area contributed by atoms with Gasteiger partial charge in [-0.15, -0.1) is 6.42 Å². The van der Waals surface area contributed by atoms with E-state index >= 15 is 4.39 Å². The third-order valence-electron chi connectivity index (χ3n) is 10.3. The number of halogens is 3. The minimum Gasteiger partial charge on any atom is -0.508 e. The van der Waals surface area contributed by atoms with Gasteiger partial charge in [0.1, 0.15) is 46.8 Å². The van der Waals surface area contributed by atoms with Crippen molar-refractivity contribution in [3.8, 4) is 41.2 Å². The Morgan fingerprint density at radius 3 is 2.85 bits per heavy atom. The zero-order valence-corrected chi connectivity index (χ0v) is 25.1. The lowest BCUT2D eigenvalue weighted by Crippen LogP contribution is -2.43. The molecule has 9 nitrogen and oxygen atoms in total. The topological polar surface area (TPSA) is 104 Å². The Morgan fingerprint density at radius 2 is 2.02 bits per heavy atom. The summed E-state index contributed by atoms with van der Waals surface area (Å²) >= 11 is 0. The fourth-order valence-electron chi connectivity index (χ4n) is 8.18. The van der Waals surface area contributed by atoms with Crippen LogP contribution >= 0.6 is 0 Å². The number of terminal acetylenes is 1. The van der Waals surface area contributed by atoms with E-state index in [1.807, 2.05) is 11.9 Å². The third-order valence-corrected chi connectivity index (χ3v) is 10.3. The van der Waals surface area contributed by atoms with Crippen molar-refractivity contribution < 1.29 is 32.9 Å². The molecule has 2 aromatic carbocycles. The molecule has 3 aliphatic heterocycles. The van der Waals surface area contributed by atoms with Crippen molar-refractivity contribution in [1.29, 1.82) is 0 Å². The molecule has 5 atom stereocenters. The van der Waals surface area contributed by atoms with Crippen LogP contribution in [0, 0.1) is 29.9 Å². The molecule has 4 aliphatic rings. The van der Waals surface area contributed by atoms with Crippen LogP contribution in [0.2, 0.25) is 0 Å². The van der Waals surface area contributed by atoms with Crippen LogP contribution in [0.15, 0.2) is 24.3 Å². The summed E-state index contributed by atoms with van der Waals surface area (Å²) in [6.07, 6.45) is 7.21. The predicted octanol–water partition coefficient (Wildman–Crippen LogP) is 4.73. The first kappa shape index (κ1) is 29.1. The number of benzene rings is 2. The molecule has 3 unspecified atom stereocenters. The standard InChI is InChI=1S/C34H32F3N5O4/c1-3-22-24(36)6-5-17-9-20(43)11-23(26(17)22)29-28(37)30-27-31(41(2)25-12-21(44)10-18(25)15-45-32(27)38-29)40-33(39-30)46-16-34-7-4-8-42(34)14-19(35)13-34/h1,5-6,9,11,18-19,21,25,43-44H,4,7-8,10,12-16H2,2H3/t18?,19-,21?,25?,34+/m1/s1. The molecule has 1 aliphatic carbocycles. The lowest BCUT2D eigenvalue weighted by molar-refractivity contribution is 0.107. The number of aliphatic hydroxyl groups excluding tert-OH is 1. The monoisotopic (exact) mass is 631 g/mol. The zero-order valence-electron chi connectivity index (χ0n) is 25.1. The number of aromatic hydroxyl groups is 1. The molecule has 3 fully saturated rings. The quantitative estimate of drug-likeness (QED) is 0.310. The van der Waals surface area contributed by atoms with Crippen molar-refractivity contribution in [2.24, 2.45) is 5.92 Å². The molecular formula is C34H32F3N5O4. The molecule has 1 saturated carbocycles. The zero-order chi connectivity index (χ0) is 31.9. The summed E-state index contributed by atoms with van der Waals surface area (Å²) in [6.45, 7) is 1.47. The Kier molecular flexibility index (Phi) is 6.71. The van der Waals surface area contributed by atoms with E-state index in [4.69, 9.17) is 20.9 Å². The number of anilines is 1. The van der Waals surface area contributed by atoms with Crippen molar-refractivity contribution in [3.05, 3.63) is 41.5 Å². The highest BCUT2D eigenvalue weighted by Crippen LogP contribution is 2.45. The van der Waals surface area contributed by atoms with Gasteiger partial charge in [0.25, 0.3) is 0 Å². The van der Waals surface area contributed by atoms with E-state index in [2.05, 4.69) is 20.8 Å². The van der Waals surface area contributed by atoms with Gasteiger partial charge in [-0.1, -0.05) is 12.0 Å². The van der Waals surface area contributed by atoms with Crippen molar-refractivity contribution in [1.82, 2.24) is 19.9 Å². The average Bonchev–Trinajstić information content (AvgIpc) is 3.69. The Morgan fingerprint density at radius 1 is 1.17 bits per heavy atom.